The molecule has 0 aliphatic carbocycles. The van der Waals surface area contributed by atoms with E-state index in [1.165, 1.54) is 17.0 Å². The third-order valence-electron chi connectivity index (χ3n) is 7.25. The van der Waals surface area contributed by atoms with E-state index in [9.17, 15) is 18.0 Å². The van der Waals surface area contributed by atoms with Gasteiger partial charge in [-0.05, 0) is 75.6 Å². The fraction of sp³-hybridized carbons (Fsp3) is 0.278. The summed E-state index contributed by atoms with van der Waals surface area (Å²) in [4.78, 5) is 30.1. The van der Waals surface area contributed by atoms with Crippen molar-refractivity contribution in [3.8, 4) is 0 Å². The van der Waals surface area contributed by atoms with Crippen LogP contribution in [0.4, 0.5) is 5.69 Å². The lowest BCUT2D eigenvalue weighted by Gasteiger charge is -2.35. The Labute approximate surface area is 271 Å². The second-order valence-electron chi connectivity index (χ2n) is 12.2. The Balaban J connectivity index is 1.84. The van der Waals surface area contributed by atoms with Gasteiger partial charge in [-0.15, -0.1) is 0 Å². The van der Waals surface area contributed by atoms with Crippen molar-refractivity contribution in [2.45, 2.75) is 64.1 Å². The molecule has 0 fully saturated rings. The molecule has 0 spiro atoms. The first-order valence-electron chi connectivity index (χ1n) is 14.8. The summed E-state index contributed by atoms with van der Waals surface area (Å²) < 4.78 is 29.4. The van der Waals surface area contributed by atoms with E-state index in [4.69, 9.17) is 11.6 Å². The topological polar surface area (TPSA) is 86.8 Å². The SMILES string of the molecule is Cc1cccc(CN(C(=O)CN(c2cc(Cl)ccc2C)S(=O)(=O)c2ccccc2)[C@H](Cc2ccccc2)C(=O)NC(C)(C)C)c1. The van der Waals surface area contributed by atoms with Crippen molar-refractivity contribution in [2.24, 2.45) is 0 Å². The van der Waals surface area contributed by atoms with Crippen LogP contribution in [0, 0.1) is 13.8 Å². The minimum atomic E-state index is -4.21. The first-order valence-corrected chi connectivity index (χ1v) is 16.6. The van der Waals surface area contributed by atoms with Crippen LogP contribution in [0.2, 0.25) is 5.02 Å². The number of hydrogen-bond acceptors (Lipinski definition) is 4. The third kappa shape index (κ3) is 8.96. The van der Waals surface area contributed by atoms with Crippen LogP contribution in [-0.4, -0.2) is 43.3 Å². The summed E-state index contributed by atoms with van der Waals surface area (Å²) >= 11 is 6.35. The maximum absolute atomic E-state index is 14.6. The Morgan fingerprint density at radius 2 is 1.44 bits per heavy atom. The van der Waals surface area contributed by atoms with E-state index in [0.717, 1.165) is 21.0 Å². The maximum atomic E-state index is 14.6. The summed E-state index contributed by atoms with van der Waals surface area (Å²) in [6.45, 7) is 8.93. The predicted octanol–water partition coefficient (Wildman–Crippen LogP) is 6.71. The molecule has 4 aromatic carbocycles. The van der Waals surface area contributed by atoms with Crippen molar-refractivity contribution in [3.05, 3.63) is 130 Å². The Morgan fingerprint density at radius 1 is 0.822 bits per heavy atom. The third-order valence-corrected chi connectivity index (χ3v) is 9.26. The number of aryl methyl sites for hydroxylation is 2. The number of halogens is 1. The number of amides is 2. The molecular weight excluding hydrogens is 606 g/mol. The van der Waals surface area contributed by atoms with Crippen molar-refractivity contribution in [1.29, 1.82) is 0 Å². The van der Waals surface area contributed by atoms with Crippen molar-refractivity contribution < 1.29 is 18.0 Å². The minimum absolute atomic E-state index is 0.0359. The Bertz CT molecular complexity index is 1740. The number of hydrogen-bond donors (Lipinski definition) is 1. The average Bonchev–Trinajstić information content (AvgIpc) is 2.99. The Morgan fingerprint density at radius 3 is 2.07 bits per heavy atom. The second kappa shape index (κ2) is 14.3. The molecule has 0 aromatic heterocycles. The molecule has 1 atom stereocenters. The molecule has 2 amide bonds. The molecular formula is C36H40ClN3O4S. The van der Waals surface area contributed by atoms with Crippen molar-refractivity contribution in [1.82, 2.24) is 10.2 Å². The highest BCUT2D eigenvalue weighted by Crippen LogP contribution is 2.30. The smallest absolute Gasteiger partial charge is 0.264 e. The zero-order valence-corrected chi connectivity index (χ0v) is 27.9. The van der Waals surface area contributed by atoms with Gasteiger partial charge < -0.3 is 10.2 Å². The summed E-state index contributed by atoms with van der Waals surface area (Å²) in [6, 6.07) is 29.2. The van der Waals surface area contributed by atoms with E-state index in [2.05, 4.69) is 5.32 Å². The van der Waals surface area contributed by atoms with Crippen LogP contribution in [0.1, 0.15) is 43.0 Å². The van der Waals surface area contributed by atoms with Gasteiger partial charge >= 0.3 is 0 Å². The van der Waals surface area contributed by atoms with Gasteiger partial charge in [-0.3, -0.25) is 13.9 Å². The summed E-state index contributed by atoms with van der Waals surface area (Å²) in [7, 11) is -4.21. The molecule has 4 rings (SSSR count). The number of nitrogens with one attached hydrogen (secondary N) is 1. The summed E-state index contributed by atoms with van der Waals surface area (Å²) in [5.74, 6) is -0.857. The molecule has 45 heavy (non-hydrogen) atoms. The van der Waals surface area contributed by atoms with Crippen LogP contribution < -0.4 is 9.62 Å². The molecule has 0 unspecified atom stereocenters. The summed E-state index contributed by atoms with van der Waals surface area (Å²) in [5, 5.41) is 3.38. The van der Waals surface area contributed by atoms with Gasteiger partial charge in [0.15, 0.2) is 0 Å². The molecule has 0 aliphatic rings. The molecule has 0 saturated carbocycles. The van der Waals surface area contributed by atoms with Crippen molar-refractivity contribution in [3.63, 3.8) is 0 Å². The highest BCUT2D eigenvalue weighted by atomic mass is 35.5. The molecule has 1 N–H and O–H groups in total. The van der Waals surface area contributed by atoms with Gasteiger partial charge in [0.2, 0.25) is 11.8 Å². The van der Waals surface area contributed by atoms with Gasteiger partial charge in [-0.2, -0.15) is 0 Å². The standard InChI is InChI=1S/C36H40ClN3O4S/c1-26-13-12-16-29(21-26)24-39(33(35(42)38-36(3,4)5)22-28-14-8-6-9-15-28)34(41)25-40(32-23-30(37)20-19-27(32)2)45(43,44)31-17-10-7-11-18-31/h6-21,23,33H,22,24-25H2,1-5H3,(H,38,42)/t33-/m1/s1. The molecule has 0 saturated heterocycles. The lowest BCUT2D eigenvalue weighted by Crippen LogP contribution is -2.56. The fourth-order valence-corrected chi connectivity index (χ4v) is 6.76. The highest BCUT2D eigenvalue weighted by Gasteiger charge is 2.36. The lowest BCUT2D eigenvalue weighted by atomic mass is 10.0. The van der Waals surface area contributed by atoms with Crippen molar-refractivity contribution in [2.75, 3.05) is 10.8 Å². The predicted molar refractivity (Wildman–Crippen MR) is 181 cm³/mol. The first-order chi connectivity index (χ1) is 21.2. The molecule has 7 nitrogen and oxygen atoms in total. The Hall–Kier alpha value is -4.14. The molecule has 0 bridgehead atoms. The molecule has 0 aliphatic heterocycles. The monoisotopic (exact) mass is 645 g/mol. The number of nitrogens with zero attached hydrogens (tertiary/aromatic N) is 2. The number of carbonyl (C=O) groups excluding carboxylic acids is 2. The van der Waals surface area contributed by atoms with E-state index in [1.54, 1.807) is 43.3 Å². The van der Waals surface area contributed by atoms with Crippen LogP contribution in [0.25, 0.3) is 0 Å². The van der Waals surface area contributed by atoms with E-state index in [0.29, 0.717) is 10.6 Å². The van der Waals surface area contributed by atoms with Crippen LogP contribution in [0.5, 0.6) is 0 Å². The quantitative estimate of drug-likeness (QED) is 0.197. The minimum Gasteiger partial charge on any atom is -0.350 e. The Kier molecular flexibility index (Phi) is 10.7. The van der Waals surface area contributed by atoms with Crippen LogP contribution >= 0.6 is 11.6 Å². The summed E-state index contributed by atoms with van der Waals surface area (Å²) in [6.07, 6.45) is 0.238. The number of rotatable bonds is 11. The second-order valence-corrected chi connectivity index (χ2v) is 14.5. The largest absolute Gasteiger partial charge is 0.350 e. The van der Waals surface area contributed by atoms with Gasteiger partial charge in [-0.1, -0.05) is 96.0 Å². The lowest BCUT2D eigenvalue weighted by molar-refractivity contribution is -0.140. The van der Waals surface area contributed by atoms with Gasteiger partial charge in [0.1, 0.15) is 12.6 Å². The van der Waals surface area contributed by atoms with Crippen LogP contribution in [0.3, 0.4) is 0 Å². The van der Waals surface area contributed by atoms with Crippen molar-refractivity contribution >= 4 is 39.1 Å². The zero-order valence-electron chi connectivity index (χ0n) is 26.3. The van der Waals surface area contributed by atoms with Gasteiger partial charge in [0, 0.05) is 23.5 Å². The van der Waals surface area contributed by atoms with E-state index in [1.807, 2.05) is 82.3 Å². The molecule has 236 valence electrons. The maximum Gasteiger partial charge on any atom is 0.264 e. The van der Waals surface area contributed by atoms with E-state index >= 15 is 0 Å². The molecule has 0 heterocycles. The van der Waals surface area contributed by atoms with Crippen LogP contribution in [-0.2, 0) is 32.6 Å². The van der Waals surface area contributed by atoms with Gasteiger partial charge in [0.05, 0.1) is 10.6 Å². The number of benzene rings is 4. The molecule has 4 aromatic rings. The van der Waals surface area contributed by atoms with Crippen LogP contribution in [0.15, 0.2) is 108 Å². The van der Waals surface area contributed by atoms with E-state index < -0.39 is 34.1 Å². The number of carbonyl (C=O) groups is 2. The zero-order chi connectivity index (χ0) is 32.8. The average molecular weight is 646 g/mol. The van der Waals surface area contributed by atoms with Gasteiger partial charge in [0.25, 0.3) is 10.0 Å². The highest BCUT2D eigenvalue weighted by molar-refractivity contribution is 7.92. The van der Waals surface area contributed by atoms with Gasteiger partial charge in [-0.25, -0.2) is 8.42 Å². The normalized spacial score (nSPS) is 12.3. The van der Waals surface area contributed by atoms with E-state index in [-0.39, 0.29) is 29.5 Å². The molecule has 9 heteroatoms. The molecule has 0 radical (unpaired) electrons. The fourth-order valence-electron chi connectivity index (χ4n) is 5.10. The summed E-state index contributed by atoms with van der Waals surface area (Å²) in [5.41, 5.74) is 3.04. The first kappa shape index (κ1) is 33.7. The number of anilines is 1. The number of sulfonamides is 1.